The molecular formula is C23H40O. The standard InChI is InChI=1S/C23H40O/c1-22-14-5-3-7-17(22)9-11-19-20-12-10-18(8-4-6-16-24)23(20,2)15-13-21(19)22/h17-21,24H,3-16H2,1-2H3/t17?,18-,19?,20?,21?,22-,23+/m0/s1. The number of rotatable bonds is 4. The summed E-state index contributed by atoms with van der Waals surface area (Å²) in [6.07, 6.45) is 18.8. The van der Waals surface area contributed by atoms with Gasteiger partial charge in [0.25, 0.3) is 0 Å². The summed E-state index contributed by atoms with van der Waals surface area (Å²) in [7, 11) is 0. The molecular weight excluding hydrogens is 292 g/mol. The molecule has 4 saturated carbocycles. The van der Waals surface area contributed by atoms with Crippen molar-refractivity contribution in [1.29, 1.82) is 0 Å². The molecule has 4 aliphatic rings. The molecule has 4 unspecified atom stereocenters. The zero-order valence-electron chi connectivity index (χ0n) is 16.2. The van der Waals surface area contributed by atoms with Crippen LogP contribution in [0.15, 0.2) is 0 Å². The zero-order chi connectivity index (χ0) is 16.8. The van der Waals surface area contributed by atoms with E-state index in [1.54, 1.807) is 12.8 Å². The van der Waals surface area contributed by atoms with E-state index in [2.05, 4.69) is 13.8 Å². The van der Waals surface area contributed by atoms with E-state index >= 15 is 0 Å². The molecule has 0 amide bonds. The molecule has 138 valence electrons. The van der Waals surface area contributed by atoms with Crippen LogP contribution < -0.4 is 0 Å². The van der Waals surface area contributed by atoms with Gasteiger partial charge in [0, 0.05) is 6.61 Å². The van der Waals surface area contributed by atoms with Gasteiger partial charge in [0.2, 0.25) is 0 Å². The van der Waals surface area contributed by atoms with Gasteiger partial charge in [-0.1, -0.05) is 33.1 Å². The van der Waals surface area contributed by atoms with Crippen LogP contribution in [0, 0.1) is 40.4 Å². The lowest BCUT2D eigenvalue weighted by Gasteiger charge is -2.60. The predicted octanol–water partition coefficient (Wildman–Crippen LogP) is 6.20. The van der Waals surface area contributed by atoms with Gasteiger partial charge in [-0.05, 0) is 105 Å². The SMILES string of the molecule is C[C@]12CCCCC1CCC1C2CC[C@@]2(C)C1CC[C@@H]2CCCCO. The second-order valence-electron chi connectivity index (χ2n) is 10.4. The van der Waals surface area contributed by atoms with Gasteiger partial charge < -0.3 is 5.11 Å². The first-order chi connectivity index (χ1) is 11.6. The van der Waals surface area contributed by atoms with E-state index in [4.69, 9.17) is 5.11 Å². The molecule has 0 aliphatic heterocycles. The topological polar surface area (TPSA) is 20.2 Å². The van der Waals surface area contributed by atoms with Crippen molar-refractivity contribution in [2.45, 2.75) is 97.3 Å². The Kier molecular flexibility index (Phi) is 4.78. The first-order valence-electron chi connectivity index (χ1n) is 11.2. The van der Waals surface area contributed by atoms with E-state index in [1.807, 2.05) is 0 Å². The maximum absolute atomic E-state index is 9.13. The van der Waals surface area contributed by atoms with Gasteiger partial charge in [0.05, 0.1) is 0 Å². The molecule has 1 nitrogen and oxygen atoms in total. The Labute approximate surface area is 150 Å². The Hall–Kier alpha value is -0.0400. The number of hydrogen-bond acceptors (Lipinski definition) is 1. The summed E-state index contributed by atoms with van der Waals surface area (Å²) in [5.74, 6) is 5.12. The second-order valence-corrected chi connectivity index (χ2v) is 10.4. The van der Waals surface area contributed by atoms with Crippen LogP contribution in [-0.2, 0) is 0 Å². The van der Waals surface area contributed by atoms with Gasteiger partial charge in [-0.15, -0.1) is 0 Å². The average Bonchev–Trinajstić information content (AvgIpc) is 2.91. The lowest BCUT2D eigenvalue weighted by Crippen LogP contribution is -2.52. The molecule has 0 aromatic heterocycles. The van der Waals surface area contributed by atoms with Crippen molar-refractivity contribution in [3.05, 3.63) is 0 Å². The van der Waals surface area contributed by atoms with Crippen molar-refractivity contribution in [2.24, 2.45) is 40.4 Å². The van der Waals surface area contributed by atoms with Crippen LogP contribution in [0.25, 0.3) is 0 Å². The van der Waals surface area contributed by atoms with Gasteiger partial charge in [0.15, 0.2) is 0 Å². The lowest BCUT2D eigenvalue weighted by atomic mass is 9.45. The minimum Gasteiger partial charge on any atom is -0.396 e. The fourth-order valence-corrected chi connectivity index (χ4v) is 8.38. The van der Waals surface area contributed by atoms with Gasteiger partial charge in [-0.25, -0.2) is 0 Å². The Morgan fingerprint density at radius 1 is 0.792 bits per heavy atom. The number of hydrogen-bond donors (Lipinski definition) is 1. The molecule has 1 N–H and O–H groups in total. The molecule has 1 heteroatoms. The van der Waals surface area contributed by atoms with E-state index in [0.717, 1.165) is 36.0 Å². The zero-order valence-corrected chi connectivity index (χ0v) is 16.2. The van der Waals surface area contributed by atoms with E-state index in [1.165, 1.54) is 64.2 Å². The minimum atomic E-state index is 0.386. The van der Waals surface area contributed by atoms with Crippen molar-refractivity contribution in [2.75, 3.05) is 6.61 Å². The normalized spacial score (nSPS) is 50.9. The predicted molar refractivity (Wildman–Crippen MR) is 101 cm³/mol. The highest BCUT2D eigenvalue weighted by atomic mass is 16.2. The summed E-state index contributed by atoms with van der Waals surface area (Å²) in [6, 6.07) is 0. The van der Waals surface area contributed by atoms with Crippen LogP contribution in [-0.4, -0.2) is 11.7 Å². The first kappa shape index (κ1) is 17.4. The monoisotopic (exact) mass is 332 g/mol. The number of aliphatic hydroxyl groups excluding tert-OH is 1. The molecule has 0 radical (unpaired) electrons. The largest absolute Gasteiger partial charge is 0.396 e. The van der Waals surface area contributed by atoms with Crippen LogP contribution >= 0.6 is 0 Å². The van der Waals surface area contributed by atoms with Crippen LogP contribution in [0.3, 0.4) is 0 Å². The molecule has 4 aliphatic carbocycles. The van der Waals surface area contributed by atoms with Crippen molar-refractivity contribution in [3.63, 3.8) is 0 Å². The van der Waals surface area contributed by atoms with E-state index in [-0.39, 0.29) is 0 Å². The highest BCUT2D eigenvalue weighted by molar-refractivity contribution is 5.08. The molecule has 7 atom stereocenters. The van der Waals surface area contributed by atoms with Crippen LogP contribution in [0.5, 0.6) is 0 Å². The summed E-state index contributed by atoms with van der Waals surface area (Å²) in [6.45, 7) is 5.75. The van der Waals surface area contributed by atoms with Crippen LogP contribution in [0.2, 0.25) is 0 Å². The Morgan fingerprint density at radius 3 is 2.46 bits per heavy atom. The Balaban J connectivity index is 1.51. The molecule has 0 bridgehead atoms. The maximum atomic E-state index is 9.13. The summed E-state index contributed by atoms with van der Waals surface area (Å²) in [5, 5.41) is 9.13. The second kappa shape index (κ2) is 6.60. The molecule has 0 aromatic carbocycles. The van der Waals surface area contributed by atoms with Crippen molar-refractivity contribution in [1.82, 2.24) is 0 Å². The molecule has 0 aromatic rings. The number of unbranched alkanes of at least 4 members (excludes halogenated alkanes) is 1. The smallest absolute Gasteiger partial charge is 0.0431 e. The van der Waals surface area contributed by atoms with Gasteiger partial charge in [-0.3, -0.25) is 0 Å². The van der Waals surface area contributed by atoms with Crippen LogP contribution in [0.1, 0.15) is 97.3 Å². The number of fused-ring (bicyclic) bond motifs is 5. The van der Waals surface area contributed by atoms with E-state index < -0.39 is 0 Å². The molecule has 24 heavy (non-hydrogen) atoms. The summed E-state index contributed by atoms with van der Waals surface area (Å²) in [5.41, 5.74) is 1.33. The van der Waals surface area contributed by atoms with Gasteiger partial charge in [0.1, 0.15) is 0 Å². The molecule has 4 fully saturated rings. The fraction of sp³-hybridized carbons (Fsp3) is 1.00. The third-order valence-corrected chi connectivity index (χ3v) is 9.74. The lowest BCUT2D eigenvalue weighted by molar-refractivity contribution is -0.111. The maximum Gasteiger partial charge on any atom is 0.0431 e. The average molecular weight is 333 g/mol. The minimum absolute atomic E-state index is 0.386. The summed E-state index contributed by atoms with van der Waals surface area (Å²) < 4.78 is 0. The van der Waals surface area contributed by atoms with Crippen LogP contribution in [0.4, 0.5) is 0 Å². The summed E-state index contributed by atoms with van der Waals surface area (Å²) in [4.78, 5) is 0. The summed E-state index contributed by atoms with van der Waals surface area (Å²) >= 11 is 0. The molecule has 4 rings (SSSR count). The Morgan fingerprint density at radius 2 is 1.62 bits per heavy atom. The highest BCUT2D eigenvalue weighted by Gasteiger charge is 2.59. The Bertz CT molecular complexity index is 445. The molecule has 0 saturated heterocycles. The van der Waals surface area contributed by atoms with Crippen molar-refractivity contribution >= 4 is 0 Å². The quantitative estimate of drug-likeness (QED) is 0.608. The highest BCUT2D eigenvalue weighted by Crippen LogP contribution is 2.67. The van der Waals surface area contributed by atoms with Crippen molar-refractivity contribution < 1.29 is 5.11 Å². The third-order valence-electron chi connectivity index (χ3n) is 9.74. The van der Waals surface area contributed by atoms with E-state index in [9.17, 15) is 0 Å². The van der Waals surface area contributed by atoms with Gasteiger partial charge >= 0.3 is 0 Å². The fourth-order valence-electron chi connectivity index (χ4n) is 8.38. The van der Waals surface area contributed by atoms with E-state index in [0.29, 0.717) is 17.4 Å². The third kappa shape index (κ3) is 2.60. The number of aliphatic hydroxyl groups is 1. The first-order valence-corrected chi connectivity index (χ1v) is 11.2. The van der Waals surface area contributed by atoms with Crippen molar-refractivity contribution in [3.8, 4) is 0 Å². The van der Waals surface area contributed by atoms with Gasteiger partial charge in [-0.2, -0.15) is 0 Å². The molecule has 0 heterocycles. The molecule has 0 spiro atoms.